The first-order chi connectivity index (χ1) is 9.96. The Labute approximate surface area is 130 Å². The summed E-state index contributed by atoms with van der Waals surface area (Å²) < 4.78 is 0. The van der Waals surface area contributed by atoms with Gasteiger partial charge in [-0.1, -0.05) is 26.7 Å². The van der Waals surface area contributed by atoms with E-state index in [-0.39, 0.29) is 5.91 Å². The first-order valence-electron chi connectivity index (χ1n) is 8.76. The highest BCUT2D eigenvalue weighted by Crippen LogP contribution is 2.38. The number of carbonyl (C=O) groups excluding carboxylic acids is 1. The molecule has 0 aromatic rings. The molecular formula is C17H35N3O. The summed E-state index contributed by atoms with van der Waals surface area (Å²) in [5.74, 6) is 0.225. The van der Waals surface area contributed by atoms with Crippen LogP contribution in [-0.4, -0.2) is 42.0 Å². The summed E-state index contributed by atoms with van der Waals surface area (Å²) >= 11 is 0. The summed E-state index contributed by atoms with van der Waals surface area (Å²) in [6, 6.07) is 0.292. The lowest BCUT2D eigenvalue weighted by molar-refractivity contribution is -0.126. The second kappa shape index (κ2) is 8.74. The van der Waals surface area contributed by atoms with E-state index < -0.39 is 5.54 Å². The average Bonchev–Trinajstić information content (AvgIpc) is 2.82. The predicted octanol–water partition coefficient (Wildman–Crippen LogP) is 2.52. The molecule has 0 aliphatic heterocycles. The SMILES string of the molecule is CCCCN(CC)CCC1CCCC1(NC(C)C)C(N)=O. The van der Waals surface area contributed by atoms with Crippen molar-refractivity contribution in [3.05, 3.63) is 0 Å². The number of hydrogen-bond donors (Lipinski definition) is 2. The highest BCUT2D eigenvalue weighted by atomic mass is 16.1. The molecule has 1 rings (SSSR count). The van der Waals surface area contributed by atoms with Gasteiger partial charge in [-0.05, 0) is 65.1 Å². The summed E-state index contributed by atoms with van der Waals surface area (Å²) in [4.78, 5) is 14.6. The highest BCUT2D eigenvalue weighted by Gasteiger charge is 2.47. The number of nitrogens with zero attached hydrogens (tertiary/aromatic N) is 1. The molecule has 1 aliphatic rings. The molecule has 0 spiro atoms. The second-order valence-corrected chi connectivity index (χ2v) is 6.80. The zero-order chi connectivity index (χ0) is 15.9. The van der Waals surface area contributed by atoms with E-state index in [4.69, 9.17) is 5.73 Å². The number of carbonyl (C=O) groups is 1. The Morgan fingerprint density at radius 1 is 1.38 bits per heavy atom. The van der Waals surface area contributed by atoms with Crippen molar-refractivity contribution in [3.63, 3.8) is 0 Å². The first-order valence-corrected chi connectivity index (χ1v) is 8.76. The van der Waals surface area contributed by atoms with Gasteiger partial charge >= 0.3 is 0 Å². The number of nitrogens with two attached hydrogens (primary N) is 1. The molecule has 0 saturated heterocycles. The highest BCUT2D eigenvalue weighted by molar-refractivity contribution is 5.85. The smallest absolute Gasteiger partial charge is 0.238 e. The first kappa shape index (κ1) is 18.4. The minimum Gasteiger partial charge on any atom is -0.368 e. The van der Waals surface area contributed by atoms with Crippen LogP contribution in [-0.2, 0) is 4.79 Å². The van der Waals surface area contributed by atoms with Crippen molar-refractivity contribution in [3.8, 4) is 0 Å². The summed E-state index contributed by atoms with van der Waals surface area (Å²) in [6.45, 7) is 12.0. The van der Waals surface area contributed by atoms with Gasteiger partial charge in [0.05, 0.1) is 0 Å². The van der Waals surface area contributed by atoms with Gasteiger partial charge in [0.2, 0.25) is 5.91 Å². The van der Waals surface area contributed by atoms with Crippen LogP contribution in [0.3, 0.4) is 0 Å². The Morgan fingerprint density at radius 3 is 2.62 bits per heavy atom. The largest absolute Gasteiger partial charge is 0.368 e. The quantitative estimate of drug-likeness (QED) is 0.651. The van der Waals surface area contributed by atoms with Crippen LogP contribution in [0.2, 0.25) is 0 Å². The third kappa shape index (κ3) is 4.96. The molecule has 1 saturated carbocycles. The van der Waals surface area contributed by atoms with Crippen LogP contribution in [0.15, 0.2) is 0 Å². The molecule has 3 N–H and O–H groups in total. The Kier molecular flexibility index (Phi) is 7.67. The van der Waals surface area contributed by atoms with Crippen LogP contribution in [0.25, 0.3) is 0 Å². The fourth-order valence-electron chi connectivity index (χ4n) is 3.72. The maximum Gasteiger partial charge on any atom is 0.238 e. The van der Waals surface area contributed by atoms with E-state index in [0.29, 0.717) is 12.0 Å². The van der Waals surface area contributed by atoms with E-state index in [1.807, 2.05) is 0 Å². The van der Waals surface area contributed by atoms with Crippen molar-refractivity contribution in [1.29, 1.82) is 0 Å². The molecule has 21 heavy (non-hydrogen) atoms. The molecule has 0 aromatic heterocycles. The summed E-state index contributed by atoms with van der Waals surface area (Å²) in [7, 11) is 0. The zero-order valence-corrected chi connectivity index (χ0v) is 14.5. The number of rotatable bonds is 10. The van der Waals surface area contributed by atoms with Gasteiger partial charge in [0.25, 0.3) is 0 Å². The Balaban J connectivity index is 2.64. The van der Waals surface area contributed by atoms with Crippen LogP contribution >= 0.6 is 0 Å². The molecule has 2 atom stereocenters. The standard InChI is InChI=1S/C17H35N3O/c1-5-7-12-20(6-2)13-10-15-9-8-11-17(15,16(18)21)19-14(3)4/h14-15,19H,5-13H2,1-4H3,(H2,18,21). The van der Waals surface area contributed by atoms with Crippen LogP contribution < -0.4 is 11.1 Å². The Hall–Kier alpha value is -0.610. The molecule has 1 aliphatic carbocycles. The lowest BCUT2D eigenvalue weighted by Crippen LogP contribution is -2.60. The van der Waals surface area contributed by atoms with Gasteiger partial charge in [-0.15, -0.1) is 0 Å². The molecule has 1 fully saturated rings. The van der Waals surface area contributed by atoms with Gasteiger partial charge in [0.1, 0.15) is 5.54 Å². The maximum absolute atomic E-state index is 12.1. The monoisotopic (exact) mass is 297 g/mol. The van der Waals surface area contributed by atoms with Gasteiger partial charge in [-0.2, -0.15) is 0 Å². The fraction of sp³-hybridized carbons (Fsp3) is 0.941. The molecule has 0 heterocycles. The molecule has 124 valence electrons. The van der Waals surface area contributed by atoms with E-state index in [2.05, 4.69) is 37.9 Å². The third-order valence-corrected chi connectivity index (χ3v) is 4.88. The van der Waals surface area contributed by atoms with Crippen molar-refractivity contribution in [2.75, 3.05) is 19.6 Å². The number of primary amides is 1. The Bertz CT molecular complexity index is 319. The molecule has 2 unspecified atom stereocenters. The minimum atomic E-state index is -0.474. The second-order valence-electron chi connectivity index (χ2n) is 6.80. The lowest BCUT2D eigenvalue weighted by atomic mass is 9.83. The van der Waals surface area contributed by atoms with Gasteiger partial charge in [-0.3, -0.25) is 4.79 Å². The summed E-state index contributed by atoms with van der Waals surface area (Å²) in [5.41, 5.74) is 5.30. The van der Waals surface area contributed by atoms with E-state index in [9.17, 15) is 4.79 Å². The van der Waals surface area contributed by atoms with Crippen molar-refractivity contribution in [2.24, 2.45) is 11.7 Å². The molecule has 0 aromatic carbocycles. The maximum atomic E-state index is 12.1. The minimum absolute atomic E-state index is 0.157. The van der Waals surface area contributed by atoms with Crippen LogP contribution in [0.1, 0.15) is 66.2 Å². The van der Waals surface area contributed by atoms with Crippen molar-refractivity contribution >= 4 is 5.91 Å². The van der Waals surface area contributed by atoms with Gasteiger partial charge in [0, 0.05) is 6.04 Å². The fourth-order valence-corrected chi connectivity index (χ4v) is 3.72. The van der Waals surface area contributed by atoms with E-state index >= 15 is 0 Å². The molecule has 4 heteroatoms. The Morgan fingerprint density at radius 2 is 2.10 bits per heavy atom. The summed E-state index contributed by atoms with van der Waals surface area (Å²) in [6.07, 6.45) is 6.68. The molecule has 4 nitrogen and oxygen atoms in total. The van der Waals surface area contributed by atoms with Gasteiger partial charge in [0.15, 0.2) is 0 Å². The molecule has 0 bridgehead atoms. The van der Waals surface area contributed by atoms with E-state index in [1.165, 1.54) is 19.4 Å². The van der Waals surface area contributed by atoms with E-state index in [1.54, 1.807) is 0 Å². The molecule has 1 amide bonds. The van der Waals surface area contributed by atoms with Crippen LogP contribution in [0.4, 0.5) is 0 Å². The number of nitrogens with one attached hydrogen (secondary N) is 1. The topological polar surface area (TPSA) is 58.4 Å². The molecular weight excluding hydrogens is 262 g/mol. The average molecular weight is 297 g/mol. The predicted molar refractivity (Wildman–Crippen MR) is 89.2 cm³/mol. The lowest BCUT2D eigenvalue weighted by Gasteiger charge is -2.36. The normalized spacial score (nSPS) is 25.9. The van der Waals surface area contributed by atoms with Gasteiger partial charge < -0.3 is 16.0 Å². The van der Waals surface area contributed by atoms with Crippen molar-refractivity contribution in [2.45, 2.75) is 77.8 Å². The summed E-state index contributed by atoms with van der Waals surface area (Å²) in [5, 5.41) is 3.50. The van der Waals surface area contributed by atoms with E-state index in [0.717, 1.165) is 38.8 Å². The molecule has 0 radical (unpaired) electrons. The van der Waals surface area contributed by atoms with Crippen molar-refractivity contribution in [1.82, 2.24) is 10.2 Å². The number of amides is 1. The zero-order valence-electron chi connectivity index (χ0n) is 14.5. The number of hydrogen-bond acceptors (Lipinski definition) is 3. The number of unbranched alkanes of at least 4 members (excludes halogenated alkanes) is 1. The van der Waals surface area contributed by atoms with Gasteiger partial charge in [-0.25, -0.2) is 0 Å². The van der Waals surface area contributed by atoms with Crippen LogP contribution in [0.5, 0.6) is 0 Å². The van der Waals surface area contributed by atoms with Crippen molar-refractivity contribution < 1.29 is 4.79 Å². The third-order valence-electron chi connectivity index (χ3n) is 4.88. The van der Waals surface area contributed by atoms with Crippen LogP contribution in [0, 0.1) is 5.92 Å².